The van der Waals surface area contributed by atoms with Crippen molar-refractivity contribution in [3.63, 3.8) is 0 Å². The number of allylic oxidation sites excluding steroid dienone is 1. The quantitative estimate of drug-likeness (QED) is 0.534. The van der Waals surface area contributed by atoms with Crippen molar-refractivity contribution >= 4 is 11.9 Å². The lowest BCUT2D eigenvalue weighted by atomic mass is 10.2. The van der Waals surface area contributed by atoms with E-state index in [9.17, 15) is 0 Å². The van der Waals surface area contributed by atoms with Gasteiger partial charge in [0.15, 0.2) is 0 Å². The maximum atomic E-state index is 6.96. The molecule has 1 aliphatic heterocycles. The Bertz CT molecular complexity index is 491. The fourth-order valence-electron chi connectivity index (χ4n) is 1.30. The Balaban J connectivity index is 2.82. The van der Waals surface area contributed by atoms with Crippen LogP contribution >= 0.6 is 0 Å². The van der Waals surface area contributed by atoms with Gasteiger partial charge in [0.1, 0.15) is 0 Å². The molecule has 0 bridgehead atoms. The van der Waals surface area contributed by atoms with E-state index < -0.39 is 0 Å². The zero-order chi connectivity index (χ0) is 8.55. The van der Waals surface area contributed by atoms with Crippen molar-refractivity contribution in [1.29, 1.82) is 5.41 Å². The van der Waals surface area contributed by atoms with Gasteiger partial charge in [0.05, 0.1) is 5.36 Å². The van der Waals surface area contributed by atoms with Gasteiger partial charge in [0.2, 0.25) is 0 Å². The molecule has 12 heavy (non-hydrogen) atoms. The van der Waals surface area contributed by atoms with E-state index in [1.54, 1.807) is 0 Å². The van der Waals surface area contributed by atoms with Gasteiger partial charge in [-0.05, 0) is 37.1 Å². The summed E-state index contributed by atoms with van der Waals surface area (Å²) in [5.74, 6) is 2.35. The molecule has 58 valence electrons. The Labute approximate surface area is 70.1 Å². The number of fused-ring (bicyclic) bond motifs is 1. The molecule has 0 saturated heterocycles. The van der Waals surface area contributed by atoms with Crippen molar-refractivity contribution < 1.29 is 0 Å². The summed E-state index contributed by atoms with van der Waals surface area (Å²) in [5.41, 5.74) is 2.11. The number of nitrogens with one attached hydrogen (secondary N) is 1. The summed E-state index contributed by atoms with van der Waals surface area (Å²) in [6, 6.07) is 5.68. The van der Waals surface area contributed by atoms with Crippen molar-refractivity contribution in [2.45, 2.75) is 6.92 Å². The van der Waals surface area contributed by atoms with Crippen molar-refractivity contribution in [3.05, 3.63) is 40.0 Å². The van der Waals surface area contributed by atoms with Gasteiger partial charge in [-0.25, -0.2) is 0 Å². The highest BCUT2D eigenvalue weighted by Gasteiger charge is 2.00. The first-order valence-electron chi connectivity index (χ1n) is 3.76. The lowest BCUT2D eigenvalue weighted by molar-refractivity contribution is 1.26. The van der Waals surface area contributed by atoms with E-state index in [1.807, 2.05) is 31.2 Å². The molecule has 0 aliphatic carbocycles. The Hall–Kier alpha value is -1.66. The minimum atomic E-state index is 0.801. The Morgan fingerprint density at radius 1 is 1.42 bits per heavy atom. The highest BCUT2D eigenvalue weighted by atomic mass is 14.7. The Morgan fingerprint density at radius 3 is 3.00 bits per heavy atom. The molecule has 0 atom stereocenters. The van der Waals surface area contributed by atoms with Crippen LogP contribution in [0.5, 0.6) is 0 Å². The predicted octanol–water partition coefficient (Wildman–Crippen LogP) is 0.601. The monoisotopic (exact) mass is 156 g/mol. The summed E-state index contributed by atoms with van der Waals surface area (Å²) < 4.78 is 0. The molecule has 0 spiro atoms. The highest BCUT2D eigenvalue weighted by Crippen LogP contribution is 2.06. The molecule has 1 heterocycles. The second-order valence-electron chi connectivity index (χ2n) is 2.80. The molecular formula is C10H8N2. The minimum Gasteiger partial charge on any atom is -0.258 e. The molecule has 0 amide bonds. The fourth-order valence-corrected chi connectivity index (χ4v) is 1.30. The highest BCUT2D eigenvalue weighted by molar-refractivity contribution is 5.58. The first-order chi connectivity index (χ1) is 5.79. The zero-order valence-electron chi connectivity index (χ0n) is 6.76. The maximum Gasteiger partial charge on any atom is 0.0706 e. The van der Waals surface area contributed by atoms with E-state index in [0.717, 1.165) is 21.8 Å². The molecule has 0 saturated carbocycles. The smallest absolute Gasteiger partial charge is 0.0706 e. The molecule has 1 N–H and O–H groups in total. The molecule has 0 unspecified atom stereocenters. The normalized spacial score (nSPS) is 12.9. The van der Waals surface area contributed by atoms with Crippen LogP contribution in [0.4, 0.5) is 0 Å². The third-order valence-corrected chi connectivity index (χ3v) is 1.83. The van der Waals surface area contributed by atoms with E-state index in [2.05, 4.69) is 10.9 Å². The van der Waals surface area contributed by atoms with Crippen LogP contribution < -0.4 is 10.6 Å². The fraction of sp³-hybridized carbons (Fsp3) is 0.100. The van der Waals surface area contributed by atoms with Gasteiger partial charge in [-0.1, -0.05) is 0 Å². The van der Waals surface area contributed by atoms with Crippen LogP contribution in [0.3, 0.4) is 0 Å². The third-order valence-electron chi connectivity index (χ3n) is 1.83. The Kier molecular flexibility index (Phi) is 1.42. The molecule has 1 aromatic rings. The van der Waals surface area contributed by atoms with E-state index in [1.165, 1.54) is 0 Å². The summed E-state index contributed by atoms with van der Waals surface area (Å²) in [7, 11) is 0. The zero-order valence-corrected chi connectivity index (χ0v) is 6.76. The van der Waals surface area contributed by atoms with E-state index in [0.29, 0.717) is 0 Å². The van der Waals surface area contributed by atoms with Crippen LogP contribution in [-0.4, -0.2) is 5.87 Å². The molecular weight excluding hydrogens is 148 g/mol. The van der Waals surface area contributed by atoms with Gasteiger partial charge >= 0.3 is 0 Å². The van der Waals surface area contributed by atoms with E-state index in [4.69, 9.17) is 5.41 Å². The second kappa shape index (κ2) is 2.43. The number of nitrogens with zero attached hydrogens (tertiary/aromatic N) is 1. The SMILES string of the molecule is CC1=Cc2cc(=C=N)ccc2=N1. The average Bonchev–Trinajstić information content (AvgIpc) is 2.43. The van der Waals surface area contributed by atoms with Crippen LogP contribution in [0, 0.1) is 5.41 Å². The number of benzene rings is 1. The molecule has 0 aromatic heterocycles. The molecule has 1 aromatic carbocycles. The van der Waals surface area contributed by atoms with Crippen LogP contribution in [0.15, 0.2) is 28.9 Å². The van der Waals surface area contributed by atoms with Crippen molar-refractivity contribution in [2.24, 2.45) is 4.99 Å². The van der Waals surface area contributed by atoms with E-state index >= 15 is 0 Å². The summed E-state index contributed by atoms with van der Waals surface area (Å²) in [5, 5.41) is 8.75. The van der Waals surface area contributed by atoms with Gasteiger partial charge in [-0.15, -0.1) is 0 Å². The van der Waals surface area contributed by atoms with Crippen molar-refractivity contribution in [1.82, 2.24) is 0 Å². The van der Waals surface area contributed by atoms with Crippen molar-refractivity contribution in [2.75, 3.05) is 0 Å². The number of hydrogen-bond acceptors (Lipinski definition) is 2. The van der Waals surface area contributed by atoms with Gasteiger partial charge in [0.25, 0.3) is 0 Å². The molecule has 2 heteroatoms. The third kappa shape index (κ3) is 0.987. The standard InChI is InChI=1S/C10H8N2/c1-7-4-9-5-8(6-11)2-3-10(9)12-7/h2-5,11H,1H3. The van der Waals surface area contributed by atoms with Gasteiger partial charge in [0, 0.05) is 16.5 Å². The summed E-state index contributed by atoms with van der Waals surface area (Å²) in [6.07, 6.45) is 2.01. The first kappa shape index (κ1) is 7.01. The molecule has 0 radical (unpaired) electrons. The largest absolute Gasteiger partial charge is 0.258 e. The number of rotatable bonds is 0. The summed E-state index contributed by atoms with van der Waals surface area (Å²) in [4.78, 5) is 4.30. The predicted molar refractivity (Wildman–Crippen MR) is 47.7 cm³/mol. The Morgan fingerprint density at radius 2 is 2.25 bits per heavy atom. The maximum absolute atomic E-state index is 6.96. The van der Waals surface area contributed by atoms with Crippen molar-refractivity contribution in [3.8, 4) is 0 Å². The molecule has 2 nitrogen and oxygen atoms in total. The lowest BCUT2D eigenvalue weighted by Crippen LogP contribution is -2.10. The second-order valence-corrected chi connectivity index (χ2v) is 2.80. The topological polar surface area (TPSA) is 36.2 Å². The average molecular weight is 156 g/mol. The summed E-state index contributed by atoms with van der Waals surface area (Å²) in [6.45, 7) is 1.97. The molecule has 1 aliphatic rings. The van der Waals surface area contributed by atoms with Gasteiger partial charge in [-0.3, -0.25) is 10.4 Å². The molecule has 2 rings (SSSR count). The minimum absolute atomic E-state index is 0.801. The van der Waals surface area contributed by atoms with E-state index in [-0.39, 0.29) is 0 Å². The first-order valence-corrected chi connectivity index (χ1v) is 3.76. The summed E-state index contributed by atoms with van der Waals surface area (Å²) >= 11 is 0. The van der Waals surface area contributed by atoms with Crippen LogP contribution in [0.25, 0.3) is 6.08 Å². The van der Waals surface area contributed by atoms with Gasteiger partial charge in [-0.2, -0.15) is 0 Å². The van der Waals surface area contributed by atoms with Crippen LogP contribution in [0.1, 0.15) is 12.5 Å². The lowest BCUT2D eigenvalue weighted by Gasteiger charge is -1.86. The van der Waals surface area contributed by atoms with Crippen LogP contribution in [-0.2, 0) is 0 Å². The van der Waals surface area contributed by atoms with Gasteiger partial charge < -0.3 is 0 Å². The van der Waals surface area contributed by atoms with Crippen LogP contribution in [0.2, 0.25) is 0 Å². The molecule has 0 fully saturated rings. The number of hydrogen-bond donors (Lipinski definition) is 1.